The molecule has 3 aliphatic heterocycles. The molecule has 0 aromatic heterocycles. The molecular formula is C23H27ClN7O2+. The quantitative estimate of drug-likeness (QED) is 0.268. The molecule has 3 heterocycles. The van der Waals surface area contributed by atoms with Crippen LogP contribution in [-0.2, 0) is 0 Å². The summed E-state index contributed by atoms with van der Waals surface area (Å²) in [5.41, 5.74) is 1.71. The summed E-state index contributed by atoms with van der Waals surface area (Å²) in [6.45, 7) is 11.6. The first-order chi connectivity index (χ1) is 15.9. The van der Waals surface area contributed by atoms with Crippen LogP contribution in [0, 0.1) is 21.4 Å². The lowest BCUT2D eigenvalue weighted by Gasteiger charge is -2.50. The highest BCUT2D eigenvalue weighted by Crippen LogP contribution is 2.31. The van der Waals surface area contributed by atoms with E-state index in [4.69, 9.17) is 11.6 Å². The molecule has 0 aliphatic carbocycles. The van der Waals surface area contributed by atoms with E-state index in [-0.39, 0.29) is 23.0 Å². The summed E-state index contributed by atoms with van der Waals surface area (Å²) in [7, 11) is 0. The number of quaternary nitrogens is 1. The summed E-state index contributed by atoms with van der Waals surface area (Å²) < 4.78 is 1.23. The molecule has 0 amide bonds. The molecule has 2 bridgehead atoms. The lowest BCUT2D eigenvalue weighted by atomic mass is 10.1. The predicted molar refractivity (Wildman–Crippen MR) is 126 cm³/mol. The van der Waals surface area contributed by atoms with Crippen molar-refractivity contribution in [2.24, 2.45) is 10.2 Å². The molecule has 3 saturated heterocycles. The van der Waals surface area contributed by atoms with E-state index >= 15 is 0 Å². The molecule has 2 aromatic carbocycles. The molecule has 1 unspecified atom stereocenters. The number of nitro groups is 1. The van der Waals surface area contributed by atoms with Gasteiger partial charge < -0.3 is 9.80 Å². The Morgan fingerprint density at radius 2 is 1.85 bits per heavy atom. The average Bonchev–Trinajstić information content (AvgIpc) is 2.84. The Bertz CT molecular complexity index is 1090. The van der Waals surface area contributed by atoms with Crippen LogP contribution in [0.1, 0.15) is 24.1 Å². The molecule has 9 nitrogen and oxygen atoms in total. The number of hydrogen-bond donors (Lipinski definition) is 1. The van der Waals surface area contributed by atoms with E-state index in [2.05, 4.69) is 27.4 Å². The molecule has 1 atom stereocenters. The van der Waals surface area contributed by atoms with Crippen LogP contribution in [0.3, 0.4) is 0 Å². The second-order valence-corrected chi connectivity index (χ2v) is 9.14. The van der Waals surface area contributed by atoms with E-state index in [9.17, 15) is 15.4 Å². The van der Waals surface area contributed by atoms with Crippen LogP contribution in [0.15, 0.2) is 46.6 Å². The minimum Gasteiger partial charge on any atom is -0.319 e. The number of nitriles is 1. The minimum atomic E-state index is -0.553. The van der Waals surface area contributed by atoms with E-state index in [0.29, 0.717) is 10.7 Å². The van der Waals surface area contributed by atoms with Gasteiger partial charge in [0, 0.05) is 44.4 Å². The highest BCUT2D eigenvalue weighted by atomic mass is 35.5. The number of nitrogens with one attached hydrogen (secondary N) is 1. The highest BCUT2D eigenvalue weighted by Gasteiger charge is 2.37. The number of hydrogen-bond acceptors (Lipinski definition) is 7. The Morgan fingerprint density at radius 1 is 1.18 bits per heavy atom. The summed E-state index contributed by atoms with van der Waals surface area (Å²) >= 11 is 6.44. The first-order valence-corrected chi connectivity index (χ1v) is 11.5. The van der Waals surface area contributed by atoms with Crippen molar-refractivity contribution in [3.63, 3.8) is 0 Å². The summed E-state index contributed by atoms with van der Waals surface area (Å²) in [4.78, 5) is 12.9. The first-order valence-electron chi connectivity index (χ1n) is 11.1. The third-order valence-corrected chi connectivity index (χ3v) is 7.06. The normalized spacial score (nSPS) is 22.9. The van der Waals surface area contributed by atoms with Crippen molar-refractivity contribution in [3.8, 4) is 6.07 Å². The maximum atomic E-state index is 10.9. The number of nitro benzene ring substituents is 1. The zero-order chi connectivity index (χ0) is 23.4. The molecule has 10 heteroatoms. The fourth-order valence-corrected chi connectivity index (χ4v) is 4.73. The van der Waals surface area contributed by atoms with Crippen molar-refractivity contribution in [2.75, 3.05) is 52.4 Å². The van der Waals surface area contributed by atoms with E-state index in [1.54, 1.807) is 6.07 Å². The summed E-state index contributed by atoms with van der Waals surface area (Å²) in [5, 5.41) is 32.5. The smallest absolute Gasteiger partial charge is 0.270 e. The van der Waals surface area contributed by atoms with Crippen molar-refractivity contribution in [2.45, 2.75) is 13.0 Å². The summed E-state index contributed by atoms with van der Waals surface area (Å²) in [6.07, 6.45) is 0. The van der Waals surface area contributed by atoms with Crippen molar-refractivity contribution >= 4 is 28.7 Å². The van der Waals surface area contributed by atoms with Crippen LogP contribution in [0.25, 0.3) is 0 Å². The molecule has 0 saturated carbocycles. The van der Waals surface area contributed by atoms with Crippen molar-refractivity contribution in [1.82, 2.24) is 10.2 Å². The number of benzene rings is 2. The molecule has 0 radical (unpaired) electrons. The van der Waals surface area contributed by atoms with Gasteiger partial charge in [0.2, 0.25) is 0 Å². The molecule has 33 heavy (non-hydrogen) atoms. The van der Waals surface area contributed by atoms with Gasteiger partial charge in [-0.15, -0.1) is 10.2 Å². The molecule has 5 rings (SSSR count). The molecule has 3 aliphatic rings. The molecule has 172 valence electrons. The van der Waals surface area contributed by atoms with Crippen LogP contribution in [0.4, 0.5) is 17.1 Å². The fourth-order valence-electron chi connectivity index (χ4n) is 4.50. The third kappa shape index (κ3) is 5.37. The maximum Gasteiger partial charge on any atom is 0.270 e. The zero-order valence-electron chi connectivity index (χ0n) is 18.6. The van der Waals surface area contributed by atoms with Gasteiger partial charge in [0.05, 0.1) is 41.7 Å². The summed E-state index contributed by atoms with van der Waals surface area (Å²) in [6, 6.07) is 11.6. The molecular weight excluding hydrogens is 442 g/mol. The number of azo groups is 1. The number of non-ortho nitro benzene ring substituents is 1. The average molecular weight is 469 g/mol. The van der Waals surface area contributed by atoms with Gasteiger partial charge in [-0.1, -0.05) is 17.7 Å². The number of piperazine rings is 3. The highest BCUT2D eigenvalue weighted by molar-refractivity contribution is 6.33. The van der Waals surface area contributed by atoms with E-state index < -0.39 is 4.92 Å². The van der Waals surface area contributed by atoms with E-state index in [1.807, 2.05) is 18.2 Å². The van der Waals surface area contributed by atoms with E-state index in [1.165, 1.54) is 62.0 Å². The fraction of sp³-hybridized carbons (Fsp3) is 0.435. The third-order valence-electron chi connectivity index (χ3n) is 6.76. The zero-order valence-corrected chi connectivity index (χ0v) is 19.3. The second kappa shape index (κ2) is 9.93. The minimum absolute atomic E-state index is 0.0834. The van der Waals surface area contributed by atoms with Gasteiger partial charge in [0.25, 0.3) is 5.69 Å². The Morgan fingerprint density at radius 3 is 2.48 bits per heavy atom. The first kappa shape index (κ1) is 23.3. The molecule has 1 N–H and O–H groups in total. The number of rotatable bonds is 8. The Balaban J connectivity index is 1.37. The number of halogens is 1. The van der Waals surface area contributed by atoms with Gasteiger partial charge >= 0.3 is 0 Å². The number of nitrogens with zero attached hydrogens (tertiary/aromatic N) is 6. The molecule has 3 fully saturated rings. The van der Waals surface area contributed by atoms with Gasteiger partial charge in [-0.25, -0.2) is 0 Å². The SMILES string of the molecule is CC(NCC[N+]12CCN(CC1)CC2)c1ccc(N=Nc2ccc([N+](=O)[O-])cc2C#N)c(Cl)c1. The Labute approximate surface area is 198 Å². The topological polar surface area (TPSA) is 107 Å². The summed E-state index contributed by atoms with van der Waals surface area (Å²) in [5.74, 6) is 0. The van der Waals surface area contributed by atoms with Crippen molar-refractivity contribution in [3.05, 3.63) is 62.7 Å². The monoisotopic (exact) mass is 468 g/mol. The molecule has 0 spiro atoms. The lowest BCUT2D eigenvalue weighted by Crippen LogP contribution is -2.68. The van der Waals surface area contributed by atoms with Crippen LogP contribution in [0.2, 0.25) is 5.02 Å². The lowest BCUT2D eigenvalue weighted by molar-refractivity contribution is -0.939. The molecule has 2 aromatic rings. The van der Waals surface area contributed by atoms with Crippen LogP contribution in [0.5, 0.6) is 0 Å². The number of fused-ring (bicyclic) bond motifs is 3. The van der Waals surface area contributed by atoms with Gasteiger partial charge in [0.1, 0.15) is 17.4 Å². The van der Waals surface area contributed by atoms with Crippen LogP contribution < -0.4 is 5.32 Å². The largest absolute Gasteiger partial charge is 0.319 e. The maximum absolute atomic E-state index is 10.9. The van der Waals surface area contributed by atoms with Gasteiger partial charge in [-0.05, 0) is 30.7 Å². The predicted octanol–water partition coefficient (Wildman–Crippen LogP) is 4.33. The van der Waals surface area contributed by atoms with Gasteiger partial charge in [0.15, 0.2) is 0 Å². The standard InChI is InChI=1S/C23H27ClN7O2/c1-17(26-6-10-31-11-7-29(8-12-31)9-13-31)18-2-4-23(21(24)15-18)28-27-22-5-3-20(30(32)33)14-19(22)16-25/h2-5,14-15,17,26H,6-13H2,1H3/q+1. The Hall–Kier alpha value is -2.90. The van der Waals surface area contributed by atoms with Gasteiger partial charge in [-0.2, -0.15) is 5.26 Å². The van der Waals surface area contributed by atoms with Crippen LogP contribution in [-0.4, -0.2) is 66.7 Å². The second-order valence-electron chi connectivity index (χ2n) is 8.73. The van der Waals surface area contributed by atoms with Crippen LogP contribution >= 0.6 is 11.6 Å². The van der Waals surface area contributed by atoms with Gasteiger partial charge in [-0.3, -0.25) is 15.0 Å². The van der Waals surface area contributed by atoms with E-state index in [0.717, 1.165) is 18.7 Å². The van der Waals surface area contributed by atoms with Crippen molar-refractivity contribution < 1.29 is 9.41 Å². The van der Waals surface area contributed by atoms with Crippen molar-refractivity contribution in [1.29, 1.82) is 5.26 Å². The Kier molecular flexibility index (Phi) is 7.00.